The average molecular weight is 315 g/mol. The molecule has 4 heterocycles. The molecule has 0 bridgehead atoms. The third-order valence-corrected chi connectivity index (χ3v) is 4.20. The largest absolute Gasteiger partial charge is 0.463 e. The van der Waals surface area contributed by atoms with Gasteiger partial charge in [0.1, 0.15) is 11.6 Å². The second-order valence-corrected chi connectivity index (χ2v) is 6.05. The molecule has 1 fully saturated rings. The highest BCUT2D eigenvalue weighted by Gasteiger charge is 2.34. The highest BCUT2D eigenvalue weighted by molar-refractivity contribution is 7.11. The first kappa shape index (κ1) is 13.3. The van der Waals surface area contributed by atoms with Crippen molar-refractivity contribution >= 4 is 28.3 Å². The number of furan rings is 1. The molecule has 7 heteroatoms. The van der Waals surface area contributed by atoms with Crippen LogP contribution in [0.15, 0.2) is 34.2 Å². The van der Waals surface area contributed by atoms with E-state index >= 15 is 0 Å². The summed E-state index contributed by atoms with van der Waals surface area (Å²) in [6.07, 6.45) is 1.70. The van der Waals surface area contributed by atoms with Crippen molar-refractivity contribution in [1.29, 1.82) is 0 Å². The van der Waals surface area contributed by atoms with Crippen molar-refractivity contribution in [2.24, 2.45) is 0 Å². The number of rotatable bonds is 3. The number of aryl methyl sites for hydroxylation is 1. The standard InChI is InChI=1S/C15H13N3O3S/c1-9-2-3-12-11(17-9)6-13(21-12)14(19)18-7-10(8-18)20-15-16-4-5-22-15/h2-6,10H,7-8H2,1H3. The number of thiazole rings is 1. The fourth-order valence-electron chi connectivity index (χ4n) is 2.38. The predicted octanol–water partition coefficient (Wildman–Crippen LogP) is 2.50. The van der Waals surface area contributed by atoms with Crippen LogP contribution in [0.4, 0.5) is 0 Å². The quantitative estimate of drug-likeness (QED) is 0.743. The Kier molecular flexibility index (Phi) is 3.07. The molecule has 1 aliphatic heterocycles. The first-order valence-corrected chi connectivity index (χ1v) is 7.79. The van der Waals surface area contributed by atoms with E-state index in [9.17, 15) is 4.79 Å². The van der Waals surface area contributed by atoms with Crippen LogP contribution in [-0.4, -0.2) is 40.0 Å². The first-order valence-electron chi connectivity index (χ1n) is 6.91. The van der Waals surface area contributed by atoms with Crippen molar-refractivity contribution in [2.75, 3.05) is 13.1 Å². The summed E-state index contributed by atoms with van der Waals surface area (Å²) in [6, 6.07) is 5.39. The van der Waals surface area contributed by atoms with E-state index in [1.807, 2.05) is 24.4 Å². The Hall–Kier alpha value is -2.41. The van der Waals surface area contributed by atoms with Crippen molar-refractivity contribution in [3.8, 4) is 5.19 Å². The van der Waals surface area contributed by atoms with Gasteiger partial charge in [-0.3, -0.25) is 4.79 Å². The van der Waals surface area contributed by atoms with Gasteiger partial charge in [-0.2, -0.15) is 0 Å². The van der Waals surface area contributed by atoms with Crippen molar-refractivity contribution in [3.05, 3.63) is 41.2 Å². The molecule has 112 valence electrons. The monoisotopic (exact) mass is 315 g/mol. The zero-order chi connectivity index (χ0) is 15.1. The second-order valence-electron chi connectivity index (χ2n) is 5.19. The summed E-state index contributed by atoms with van der Waals surface area (Å²) in [5, 5.41) is 2.50. The van der Waals surface area contributed by atoms with E-state index in [4.69, 9.17) is 9.15 Å². The molecule has 4 rings (SSSR count). The van der Waals surface area contributed by atoms with Crippen molar-refractivity contribution in [1.82, 2.24) is 14.9 Å². The lowest BCUT2D eigenvalue weighted by molar-refractivity contribution is 0.0156. The Labute approximate surface area is 130 Å². The van der Waals surface area contributed by atoms with Crippen LogP contribution < -0.4 is 4.74 Å². The number of ether oxygens (including phenoxy) is 1. The number of carbonyl (C=O) groups excluding carboxylic acids is 1. The number of hydrogen-bond donors (Lipinski definition) is 0. The molecular weight excluding hydrogens is 302 g/mol. The van der Waals surface area contributed by atoms with Gasteiger partial charge in [-0.15, -0.1) is 0 Å². The number of amides is 1. The van der Waals surface area contributed by atoms with E-state index in [0.717, 1.165) is 5.69 Å². The summed E-state index contributed by atoms with van der Waals surface area (Å²) >= 11 is 1.45. The molecule has 0 radical (unpaired) electrons. The lowest BCUT2D eigenvalue weighted by Crippen LogP contribution is -2.56. The summed E-state index contributed by atoms with van der Waals surface area (Å²) in [7, 11) is 0. The third-order valence-electron chi connectivity index (χ3n) is 3.54. The van der Waals surface area contributed by atoms with Crippen LogP contribution >= 0.6 is 11.3 Å². The van der Waals surface area contributed by atoms with Crippen LogP contribution in [-0.2, 0) is 0 Å². The van der Waals surface area contributed by atoms with Gasteiger partial charge in [0.25, 0.3) is 11.1 Å². The molecule has 3 aromatic heterocycles. The first-order chi connectivity index (χ1) is 10.7. The van der Waals surface area contributed by atoms with Gasteiger partial charge in [0.2, 0.25) is 0 Å². The molecule has 1 amide bonds. The maximum atomic E-state index is 12.4. The molecule has 1 saturated heterocycles. The number of carbonyl (C=O) groups is 1. The van der Waals surface area contributed by atoms with Gasteiger partial charge in [-0.1, -0.05) is 11.3 Å². The van der Waals surface area contributed by atoms with Crippen molar-refractivity contribution in [2.45, 2.75) is 13.0 Å². The maximum Gasteiger partial charge on any atom is 0.289 e. The summed E-state index contributed by atoms with van der Waals surface area (Å²) in [6.45, 7) is 2.99. The molecule has 0 aromatic carbocycles. The fraction of sp³-hybridized carbons (Fsp3) is 0.267. The van der Waals surface area contributed by atoms with Gasteiger partial charge in [0.05, 0.1) is 13.1 Å². The number of nitrogens with zero attached hydrogens (tertiary/aromatic N) is 3. The van der Waals surface area contributed by atoms with Crippen molar-refractivity contribution in [3.63, 3.8) is 0 Å². The molecule has 0 spiro atoms. The molecule has 0 N–H and O–H groups in total. The highest BCUT2D eigenvalue weighted by Crippen LogP contribution is 2.24. The van der Waals surface area contributed by atoms with Crippen LogP contribution in [0, 0.1) is 6.92 Å². The van der Waals surface area contributed by atoms with Crippen LogP contribution in [0.1, 0.15) is 16.2 Å². The maximum absolute atomic E-state index is 12.4. The van der Waals surface area contributed by atoms with E-state index < -0.39 is 0 Å². The van der Waals surface area contributed by atoms with Crippen LogP contribution in [0.5, 0.6) is 5.19 Å². The zero-order valence-electron chi connectivity index (χ0n) is 11.9. The third kappa shape index (κ3) is 2.33. The summed E-state index contributed by atoms with van der Waals surface area (Å²) in [4.78, 5) is 22.5. The van der Waals surface area contributed by atoms with Crippen LogP contribution in [0.3, 0.4) is 0 Å². The summed E-state index contributed by atoms with van der Waals surface area (Å²) in [5.41, 5.74) is 2.23. The van der Waals surface area contributed by atoms with E-state index in [1.54, 1.807) is 17.2 Å². The molecule has 0 saturated carbocycles. The minimum absolute atomic E-state index is 0.000141. The highest BCUT2D eigenvalue weighted by atomic mass is 32.1. The lowest BCUT2D eigenvalue weighted by atomic mass is 10.1. The number of pyridine rings is 1. The fourth-order valence-corrected chi connectivity index (χ4v) is 2.93. The van der Waals surface area contributed by atoms with Gasteiger partial charge in [0.15, 0.2) is 11.3 Å². The Morgan fingerprint density at radius 2 is 2.32 bits per heavy atom. The second kappa shape index (κ2) is 5.10. The minimum atomic E-state index is -0.130. The SMILES string of the molecule is Cc1ccc2oc(C(=O)N3CC(Oc4nccs4)C3)cc2n1. The molecule has 0 atom stereocenters. The van der Waals surface area contributed by atoms with Crippen molar-refractivity contribution < 1.29 is 13.9 Å². The number of likely N-dealkylation sites (tertiary alicyclic amines) is 1. The van der Waals surface area contributed by atoms with Crippen LogP contribution in [0.2, 0.25) is 0 Å². The number of hydrogen-bond acceptors (Lipinski definition) is 6. The summed E-state index contributed by atoms with van der Waals surface area (Å²) in [5.74, 6) is 0.190. The average Bonchev–Trinajstić information content (AvgIpc) is 3.10. The van der Waals surface area contributed by atoms with E-state index in [1.165, 1.54) is 11.3 Å². The summed E-state index contributed by atoms with van der Waals surface area (Å²) < 4.78 is 11.2. The molecular formula is C15H13N3O3S. The van der Waals surface area contributed by atoms with Crippen LogP contribution in [0.25, 0.3) is 11.1 Å². The van der Waals surface area contributed by atoms with Gasteiger partial charge in [-0.05, 0) is 19.1 Å². The molecule has 1 aliphatic rings. The normalized spacial score (nSPS) is 15.0. The molecule has 6 nitrogen and oxygen atoms in total. The van der Waals surface area contributed by atoms with E-state index in [0.29, 0.717) is 35.1 Å². The topological polar surface area (TPSA) is 68.5 Å². The van der Waals surface area contributed by atoms with E-state index in [-0.39, 0.29) is 12.0 Å². The Bertz CT molecular complexity index is 822. The van der Waals surface area contributed by atoms with Gasteiger partial charge in [-0.25, -0.2) is 9.97 Å². The molecule has 3 aromatic rings. The zero-order valence-corrected chi connectivity index (χ0v) is 12.7. The van der Waals surface area contributed by atoms with Gasteiger partial charge < -0.3 is 14.1 Å². The molecule has 0 unspecified atom stereocenters. The smallest absolute Gasteiger partial charge is 0.289 e. The van der Waals surface area contributed by atoms with Gasteiger partial charge in [0, 0.05) is 23.3 Å². The minimum Gasteiger partial charge on any atom is -0.463 e. The number of fused-ring (bicyclic) bond motifs is 1. The Balaban J connectivity index is 1.44. The Morgan fingerprint density at radius 1 is 1.45 bits per heavy atom. The lowest BCUT2D eigenvalue weighted by Gasteiger charge is -2.37. The number of aromatic nitrogens is 2. The molecule has 22 heavy (non-hydrogen) atoms. The van der Waals surface area contributed by atoms with E-state index in [2.05, 4.69) is 9.97 Å². The molecule has 0 aliphatic carbocycles. The Morgan fingerprint density at radius 3 is 3.09 bits per heavy atom. The van der Waals surface area contributed by atoms with Gasteiger partial charge >= 0.3 is 0 Å². The predicted molar refractivity (Wildman–Crippen MR) is 81.2 cm³/mol.